The molecular formula is C13H17NO5S. The first-order valence-electron chi connectivity index (χ1n) is 6.43. The molecule has 1 aromatic heterocycles. The summed E-state index contributed by atoms with van der Waals surface area (Å²) >= 11 is 0. The quantitative estimate of drug-likeness (QED) is 0.761. The molecule has 0 N–H and O–H groups in total. The maximum Gasteiger partial charge on any atom is 0.341 e. The summed E-state index contributed by atoms with van der Waals surface area (Å²) in [5.41, 5.74) is 0.426. The smallest absolute Gasteiger partial charge is 0.341 e. The molecule has 0 aromatic carbocycles. The zero-order valence-electron chi connectivity index (χ0n) is 11.5. The summed E-state index contributed by atoms with van der Waals surface area (Å²) in [5, 5.41) is 0. The van der Waals surface area contributed by atoms with Gasteiger partial charge >= 0.3 is 5.97 Å². The second-order valence-electron chi connectivity index (χ2n) is 5.85. The monoisotopic (exact) mass is 299 g/mol. The molecule has 2 aliphatic rings. The highest BCUT2D eigenvalue weighted by Crippen LogP contribution is 2.42. The third-order valence-corrected chi connectivity index (χ3v) is 6.03. The fraction of sp³-hybridized carbons (Fsp3) is 0.615. The standard InChI is InChI=1S/C13H17NO5S/c1-9-11(12(15)18-2)3-10(19-9)4-14-5-13(6-14)7-20(16,17)8-13/h3H,4-8H2,1-2H3. The van der Waals surface area contributed by atoms with E-state index in [1.807, 2.05) is 0 Å². The van der Waals surface area contributed by atoms with Crippen molar-refractivity contribution in [3.8, 4) is 0 Å². The third-order valence-electron chi connectivity index (χ3n) is 3.92. The van der Waals surface area contributed by atoms with Gasteiger partial charge in [0.05, 0.1) is 25.2 Å². The van der Waals surface area contributed by atoms with Gasteiger partial charge in [-0.25, -0.2) is 13.2 Å². The highest BCUT2D eigenvalue weighted by molar-refractivity contribution is 7.92. The lowest BCUT2D eigenvalue weighted by molar-refractivity contribution is 0.0130. The van der Waals surface area contributed by atoms with Crippen LogP contribution in [0.1, 0.15) is 21.9 Å². The van der Waals surface area contributed by atoms with E-state index >= 15 is 0 Å². The van der Waals surface area contributed by atoms with Crippen LogP contribution in [0.25, 0.3) is 0 Å². The lowest BCUT2D eigenvalue weighted by Gasteiger charge is -2.54. The van der Waals surface area contributed by atoms with Crippen LogP contribution in [0.15, 0.2) is 10.5 Å². The van der Waals surface area contributed by atoms with Gasteiger partial charge in [0.15, 0.2) is 9.84 Å². The summed E-state index contributed by atoms with van der Waals surface area (Å²) in [6, 6.07) is 1.70. The van der Waals surface area contributed by atoms with Crippen LogP contribution in [0.5, 0.6) is 0 Å². The summed E-state index contributed by atoms with van der Waals surface area (Å²) in [6.45, 7) is 3.88. The Morgan fingerprint density at radius 3 is 2.65 bits per heavy atom. The van der Waals surface area contributed by atoms with E-state index in [1.165, 1.54) is 7.11 Å². The number of hydrogen-bond acceptors (Lipinski definition) is 6. The molecule has 1 spiro atoms. The van der Waals surface area contributed by atoms with Gasteiger partial charge in [0.1, 0.15) is 17.1 Å². The average molecular weight is 299 g/mol. The van der Waals surface area contributed by atoms with Gasteiger partial charge in [0, 0.05) is 18.5 Å². The Hall–Kier alpha value is -1.34. The van der Waals surface area contributed by atoms with Crippen molar-refractivity contribution < 1.29 is 22.4 Å². The molecule has 3 rings (SSSR count). The Morgan fingerprint density at radius 1 is 1.45 bits per heavy atom. The van der Waals surface area contributed by atoms with Crippen molar-refractivity contribution in [1.82, 2.24) is 4.90 Å². The van der Waals surface area contributed by atoms with Gasteiger partial charge in [-0.2, -0.15) is 0 Å². The average Bonchev–Trinajstić information content (AvgIpc) is 2.64. The Kier molecular flexibility index (Phi) is 2.95. The number of methoxy groups -OCH3 is 1. The fourth-order valence-electron chi connectivity index (χ4n) is 3.24. The number of furan rings is 1. The van der Waals surface area contributed by atoms with E-state index in [0.717, 1.165) is 13.1 Å². The molecule has 20 heavy (non-hydrogen) atoms. The van der Waals surface area contributed by atoms with Crippen molar-refractivity contribution in [1.29, 1.82) is 0 Å². The molecule has 0 amide bonds. The Morgan fingerprint density at radius 2 is 2.10 bits per heavy atom. The maximum atomic E-state index is 11.5. The molecular weight excluding hydrogens is 282 g/mol. The molecule has 6 nitrogen and oxygen atoms in total. The molecule has 0 bridgehead atoms. The first-order valence-corrected chi connectivity index (χ1v) is 8.25. The van der Waals surface area contributed by atoms with E-state index in [2.05, 4.69) is 9.64 Å². The minimum absolute atomic E-state index is 0.0222. The van der Waals surface area contributed by atoms with Gasteiger partial charge in [-0.05, 0) is 13.0 Å². The van der Waals surface area contributed by atoms with E-state index in [9.17, 15) is 13.2 Å². The van der Waals surface area contributed by atoms with Gasteiger partial charge in [-0.1, -0.05) is 0 Å². The zero-order chi connectivity index (χ0) is 14.5. The molecule has 0 radical (unpaired) electrons. The van der Waals surface area contributed by atoms with E-state index in [0.29, 0.717) is 35.1 Å². The van der Waals surface area contributed by atoms with Crippen LogP contribution in [0.3, 0.4) is 0 Å². The van der Waals surface area contributed by atoms with Crippen molar-refractivity contribution in [3.05, 3.63) is 23.2 Å². The number of rotatable bonds is 3. The van der Waals surface area contributed by atoms with E-state index < -0.39 is 15.8 Å². The van der Waals surface area contributed by atoms with Crippen LogP contribution in [-0.2, 0) is 21.1 Å². The number of likely N-dealkylation sites (tertiary alicyclic amines) is 1. The number of carbonyl (C=O) groups is 1. The maximum absolute atomic E-state index is 11.5. The van der Waals surface area contributed by atoms with Crippen LogP contribution in [-0.4, -0.2) is 51.0 Å². The second kappa shape index (κ2) is 4.33. The number of ether oxygens (including phenoxy) is 1. The normalized spacial score (nSPS) is 23.1. The number of nitrogens with zero attached hydrogens (tertiary/aromatic N) is 1. The van der Waals surface area contributed by atoms with E-state index in [-0.39, 0.29) is 5.41 Å². The topological polar surface area (TPSA) is 76.8 Å². The zero-order valence-corrected chi connectivity index (χ0v) is 12.3. The first kappa shape index (κ1) is 13.6. The van der Waals surface area contributed by atoms with Crippen molar-refractivity contribution in [2.24, 2.45) is 5.41 Å². The fourth-order valence-corrected chi connectivity index (χ4v) is 5.39. The highest BCUT2D eigenvalue weighted by Gasteiger charge is 2.55. The lowest BCUT2D eigenvalue weighted by Crippen LogP contribution is -2.67. The predicted molar refractivity (Wildman–Crippen MR) is 71.1 cm³/mol. The van der Waals surface area contributed by atoms with Crippen LogP contribution in [0, 0.1) is 12.3 Å². The summed E-state index contributed by atoms with van der Waals surface area (Å²) < 4.78 is 32.7. The van der Waals surface area contributed by atoms with Crippen molar-refractivity contribution in [2.45, 2.75) is 13.5 Å². The first-order chi connectivity index (χ1) is 9.32. The van der Waals surface area contributed by atoms with Crippen LogP contribution in [0.4, 0.5) is 0 Å². The van der Waals surface area contributed by atoms with Gasteiger partial charge in [-0.15, -0.1) is 0 Å². The predicted octanol–water partition coefficient (Wildman–Crippen LogP) is 0.605. The molecule has 3 heterocycles. The van der Waals surface area contributed by atoms with Gasteiger partial charge in [0.2, 0.25) is 0 Å². The Bertz CT molecular complexity index is 640. The Labute approximate surface area is 117 Å². The number of carbonyl (C=O) groups excluding carboxylic acids is 1. The van der Waals surface area contributed by atoms with Crippen molar-refractivity contribution in [3.63, 3.8) is 0 Å². The minimum Gasteiger partial charge on any atom is -0.465 e. The summed E-state index contributed by atoms with van der Waals surface area (Å²) in [4.78, 5) is 13.6. The van der Waals surface area contributed by atoms with Gasteiger partial charge in [-0.3, -0.25) is 4.90 Å². The molecule has 0 atom stereocenters. The van der Waals surface area contributed by atoms with Gasteiger partial charge < -0.3 is 9.15 Å². The lowest BCUT2D eigenvalue weighted by atomic mass is 9.83. The molecule has 7 heteroatoms. The molecule has 0 unspecified atom stereocenters. The molecule has 1 aromatic rings. The highest BCUT2D eigenvalue weighted by atomic mass is 32.2. The van der Waals surface area contributed by atoms with Crippen molar-refractivity contribution >= 4 is 15.8 Å². The molecule has 0 saturated carbocycles. The third kappa shape index (κ3) is 2.25. The second-order valence-corrected chi connectivity index (χ2v) is 7.92. The molecule has 2 aliphatic heterocycles. The molecule has 2 saturated heterocycles. The SMILES string of the molecule is COC(=O)c1cc(CN2CC3(C2)CS(=O)(=O)C3)oc1C. The van der Waals surface area contributed by atoms with Gasteiger partial charge in [0.25, 0.3) is 0 Å². The number of sulfone groups is 1. The summed E-state index contributed by atoms with van der Waals surface area (Å²) in [6.07, 6.45) is 0. The van der Waals surface area contributed by atoms with Crippen LogP contribution in [0.2, 0.25) is 0 Å². The van der Waals surface area contributed by atoms with E-state index in [4.69, 9.17) is 4.42 Å². The van der Waals surface area contributed by atoms with Crippen LogP contribution < -0.4 is 0 Å². The number of esters is 1. The largest absolute Gasteiger partial charge is 0.465 e. The molecule has 0 aliphatic carbocycles. The number of hydrogen-bond donors (Lipinski definition) is 0. The number of aryl methyl sites for hydroxylation is 1. The minimum atomic E-state index is -2.77. The van der Waals surface area contributed by atoms with E-state index in [1.54, 1.807) is 13.0 Å². The van der Waals surface area contributed by atoms with Crippen molar-refractivity contribution in [2.75, 3.05) is 31.7 Å². The summed E-state index contributed by atoms with van der Waals surface area (Å²) in [7, 11) is -1.44. The molecule has 110 valence electrons. The van der Waals surface area contributed by atoms with Crippen LogP contribution >= 0.6 is 0 Å². The molecule has 2 fully saturated rings. The summed E-state index contributed by atoms with van der Waals surface area (Å²) in [5.74, 6) is 1.47. The Balaban J connectivity index is 1.60.